The van der Waals surface area contributed by atoms with E-state index in [0.29, 0.717) is 22.5 Å². The Morgan fingerprint density at radius 2 is 0.860 bits per heavy atom. The van der Waals surface area contributed by atoms with E-state index in [2.05, 4.69) is 73.4 Å². The number of carbonyl (C=O) groups is 7. The second-order valence-corrected chi connectivity index (χ2v) is 25.9. The monoisotopic (exact) mass is 1430 g/mol. The minimum atomic E-state index is -4.81. The van der Waals surface area contributed by atoms with Crippen LogP contribution in [0.2, 0.25) is 0 Å². The summed E-state index contributed by atoms with van der Waals surface area (Å²) in [4.78, 5) is 78.0. The molecule has 494 valence electrons. The third-order valence-corrected chi connectivity index (χ3v) is 15.7. The summed E-state index contributed by atoms with van der Waals surface area (Å²) < 4.78 is 178. The Hall–Kier alpha value is -7.17. The van der Waals surface area contributed by atoms with E-state index in [0.717, 1.165) is 54.7 Å². The quantitative estimate of drug-likeness (QED) is 0.0195. The number of amides is 4. The van der Waals surface area contributed by atoms with Gasteiger partial charge in [-0.2, -0.15) is 25.3 Å². The van der Waals surface area contributed by atoms with E-state index in [1.165, 1.54) is 56.3 Å². The molecular formula is C56H62N4Na2O25S6. The van der Waals surface area contributed by atoms with Gasteiger partial charge in [-0.25, -0.2) is 8.42 Å². The molecule has 0 unspecified atom stereocenters. The molecule has 0 bridgehead atoms. The van der Waals surface area contributed by atoms with Gasteiger partial charge in [-0.05, 0) is 115 Å². The van der Waals surface area contributed by atoms with Crippen molar-refractivity contribution >= 4 is 125 Å². The number of rotatable bonds is 25. The average molecular weight is 1430 g/mol. The Bertz CT molecular complexity index is 3920. The fourth-order valence-corrected chi connectivity index (χ4v) is 9.91. The van der Waals surface area contributed by atoms with Crippen LogP contribution >= 0.6 is 0 Å². The zero-order chi connectivity index (χ0) is 71.1. The van der Waals surface area contributed by atoms with Crippen LogP contribution in [0.5, 0.6) is 0 Å². The Morgan fingerprint density at radius 1 is 0.516 bits per heavy atom. The van der Waals surface area contributed by atoms with E-state index in [1.807, 2.05) is 0 Å². The Kier molecular flexibility index (Phi) is 42.6. The van der Waals surface area contributed by atoms with Gasteiger partial charge in [0.25, 0.3) is 30.4 Å². The fourth-order valence-electron chi connectivity index (χ4n) is 6.77. The van der Waals surface area contributed by atoms with Crippen LogP contribution in [0, 0.1) is 17.4 Å². The predicted octanol–water partition coefficient (Wildman–Crippen LogP) is -0.239. The number of allylic oxidation sites excluding steroid dienone is 3. The normalized spacial score (nSPS) is 10.6. The molecule has 4 aromatic rings. The molecule has 7 N–H and O–H groups in total. The number of anilines is 4. The number of hydrogen-bond donors (Lipinski definition) is 7. The van der Waals surface area contributed by atoms with Crippen molar-refractivity contribution < 1.29 is 170 Å². The summed E-state index contributed by atoms with van der Waals surface area (Å²) in [6.07, 6.45) is 7.28. The zero-order valence-electron chi connectivity index (χ0n) is 50.7. The molecule has 0 aromatic heterocycles. The molecule has 0 aliphatic carbocycles. The number of ketones is 3. The number of benzene rings is 4. The van der Waals surface area contributed by atoms with E-state index in [1.54, 1.807) is 38.1 Å². The predicted molar refractivity (Wildman–Crippen MR) is 334 cm³/mol. The molecule has 93 heavy (non-hydrogen) atoms. The van der Waals surface area contributed by atoms with Crippen molar-refractivity contribution in [3.8, 4) is 22.3 Å². The van der Waals surface area contributed by atoms with Crippen LogP contribution in [0.15, 0.2) is 177 Å². The van der Waals surface area contributed by atoms with Gasteiger partial charge in [0.2, 0.25) is 23.6 Å². The fraction of sp³-hybridized carbons (Fsp3) is 0.196. The molecule has 37 heteroatoms. The maximum atomic E-state index is 11.7. The standard InChI is InChI=1S/C18H16N2O5S.C18H15N2O5S.C12H18O5S.C8H14O4S.2Na.2O3S/c2*1-3-17(21)19-13-7-5-12(6-8-13)15-10-9-14(20-18(22)4-2)11-16(15)26(23,24)25;1-5-10(13)7-9(8-11(14)6-2)12(3,4)18(15,16)17;1-4-7(9)5-8(2,3)6-13(10,11)12;;;2*1-4(2)3/h3-11H,1-2H2,(H,19,21)(H,20,22)(H,23,24,25);3-5,7-11H,1-2H2,(H,19,21)(H,20,22)(H,23,24,25);5-6,9H,1-2,7-8H2,3-4H3,(H,15,16,17);4H,1,5-6H2,2-3H3,(H,10,11,12);;;;/q;-1;;;2*+1;;/p-1. The zero-order valence-corrected chi connectivity index (χ0v) is 59.6. The van der Waals surface area contributed by atoms with E-state index in [-0.39, 0.29) is 129 Å². The van der Waals surface area contributed by atoms with Crippen LogP contribution in [-0.4, -0.2) is 129 Å². The van der Waals surface area contributed by atoms with Crippen LogP contribution < -0.4 is 80.4 Å². The van der Waals surface area contributed by atoms with Gasteiger partial charge in [0, 0.05) is 46.8 Å². The van der Waals surface area contributed by atoms with Crippen molar-refractivity contribution in [3.63, 3.8) is 0 Å². The maximum Gasteiger partial charge on any atom is 1.00 e. The second-order valence-electron chi connectivity index (χ2n) is 18.9. The SMILES string of the molecule is C=CC(=O)CC(C)(C)CS(=O)(=O)O.C=CC(=O)CC(CC(=O)C=C)C(C)(C)S(=O)(=O)O.C=CC(=O)Nc1c[c-]c(-c2ccc(NC(=O)C=C)cc2S(=O)(=O)[O-])cc1.C=CC(=O)Nc1ccc(-c2ccc(NC(=O)C=C)cc2S(=O)(=O)O)cc1.O=S(=O)=O.O=S(=O)=O.[Na+].[Na+]. The average Bonchev–Trinajstić information content (AvgIpc) is 0.892. The van der Waals surface area contributed by atoms with Crippen LogP contribution in [0.4, 0.5) is 22.7 Å². The van der Waals surface area contributed by atoms with Gasteiger partial charge in [0.05, 0.1) is 10.5 Å². The Labute approximate surface area is 585 Å². The first-order chi connectivity index (χ1) is 41.7. The molecular weight excluding hydrogens is 1370 g/mol. The number of nitrogens with one attached hydrogen (secondary N) is 4. The van der Waals surface area contributed by atoms with Crippen molar-refractivity contribution in [1.29, 1.82) is 0 Å². The van der Waals surface area contributed by atoms with E-state index in [9.17, 15) is 80.9 Å². The van der Waals surface area contributed by atoms with Crippen LogP contribution in [0.1, 0.15) is 47.0 Å². The van der Waals surface area contributed by atoms with E-state index >= 15 is 0 Å². The van der Waals surface area contributed by atoms with Crippen LogP contribution in [0.3, 0.4) is 0 Å². The van der Waals surface area contributed by atoms with Crippen molar-refractivity contribution in [2.24, 2.45) is 11.3 Å². The van der Waals surface area contributed by atoms with Gasteiger partial charge < -0.3 is 25.8 Å². The third kappa shape index (κ3) is 38.6. The van der Waals surface area contributed by atoms with Crippen molar-refractivity contribution in [1.82, 2.24) is 0 Å². The summed E-state index contributed by atoms with van der Waals surface area (Å²) in [5.74, 6) is -4.07. The maximum absolute atomic E-state index is 11.7. The summed E-state index contributed by atoms with van der Waals surface area (Å²) in [7, 11) is -24.0. The summed E-state index contributed by atoms with van der Waals surface area (Å²) in [6, 6.07) is 21.6. The van der Waals surface area contributed by atoms with Gasteiger partial charge in [-0.3, -0.25) is 47.2 Å². The molecule has 0 heterocycles. The first-order valence-corrected chi connectivity index (χ1v) is 32.6. The molecule has 0 saturated carbocycles. The van der Waals surface area contributed by atoms with Crippen molar-refractivity contribution in [2.45, 2.75) is 61.5 Å². The van der Waals surface area contributed by atoms with Crippen molar-refractivity contribution in [2.75, 3.05) is 27.0 Å². The summed E-state index contributed by atoms with van der Waals surface area (Å²) in [6.45, 7) is 28.9. The molecule has 4 aromatic carbocycles. The third-order valence-electron chi connectivity index (χ3n) is 11.1. The largest absolute Gasteiger partial charge is 1.00 e. The summed E-state index contributed by atoms with van der Waals surface area (Å²) in [5.41, 5.74) is 1.71. The first kappa shape index (κ1) is 92.2. The molecule has 4 rings (SSSR count). The molecule has 0 fully saturated rings. The Balaban J connectivity index is -0.000000556. The van der Waals surface area contributed by atoms with E-state index < -0.39 is 106 Å². The van der Waals surface area contributed by atoms with E-state index in [4.69, 9.17) is 29.8 Å². The second kappa shape index (κ2) is 42.9. The smallest absolute Gasteiger partial charge is 0.745 e. The molecule has 0 saturated heterocycles. The molecule has 0 aliphatic heterocycles. The van der Waals surface area contributed by atoms with Gasteiger partial charge in [0.15, 0.2) is 17.3 Å². The number of carbonyl (C=O) groups excluding carboxylic acids is 7. The van der Waals surface area contributed by atoms with Gasteiger partial charge >= 0.3 is 80.3 Å². The molecule has 0 atom stereocenters. The molecule has 29 nitrogen and oxygen atoms in total. The van der Waals surface area contributed by atoms with Crippen molar-refractivity contribution in [3.05, 3.63) is 174 Å². The topological polar surface area (TPSA) is 490 Å². The van der Waals surface area contributed by atoms with Gasteiger partial charge in [-0.15, -0.1) is 55.1 Å². The Morgan fingerprint density at radius 3 is 1.18 bits per heavy atom. The van der Waals surface area contributed by atoms with Gasteiger partial charge in [-0.1, -0.05) is 89.7 Å². The molecule has 4 amide bonds. The molecule has 0 aliphatic rings. The summed E-state index contributed by atoms with van der Waals surface area (Å²) >= 11 is 0. The summed E-state index contributed by atoms with van der Waals surface area (Å²) in [5, 5.41) is 9.92. The minimum Gasteiger partial charge on any atom is -0.745 e. The molecule has 0 radical (unpaired) electrons. The molecule has 0 spiro atoms. The van der Waals surface area contributed by atoms with Gasteiger partial charge in [0.1, 0.15) is 15.0 Å². The van der Waals surface area contributed by atoms with Crippen LogP contribution in [-0.2, 0) is 95.3 Å². The number of hydrogen-bond acceptors (Lipinski definition) is 22. The van der Waals surface area contributed by atoms with Crippen LogP contribution in [0.25, 0.3) is 22.3 Å². The minimum absolute atomic E-state index is 0. The first-order valence-electron chi connectivity index (χ1n) is 24.7.